The summed E-state index contributed by atoms with van der Waals surface area (Å²) in [5.74, 6) is 0.426. The van der Waals surface area contributed by atoms with Gasteiger partial charge in [0.25, 0.3) is 5.69 Å². The second-order valence-electron chi connectivity index (χ2n) is 4.71. The van der Waals surface area contributed by atoms with Crippen LogP contribution in [0.15, 0.2) is 40.0 Å². The largest absolute Gasteiger partial charge is 0.480 e. The molecule has 0 bridgehead atoms. The van der Waals surface area contributed by atoms with Crippen LogP contribution in [0.1, 0.15) is 5.56 Å². The fraction of sp³-hybridized carbons (Fsp3) is 0.133. The minimum absolute atomic E-state index is 0.0967. The van der Waals surface area contributed by atoms with Crippen molar-refractivity contribution in [2.24, 2.45) is 5.10 Å². The fourth-order valence-electron chi connectivity index (χ4n) is 1.72. The van der Waals surface area contributed by atoms with Crippen molar-refractivity contribution in [2.45, 2.75) is 0 Å². The molecule has 1 heterocycles. The summed E-state index contributed by atoms with van der Waals surface area (Å²) in [5, 5.41) is 14.6. The molecule has 0 fully saturated rings. The van der Waals surface area contributed by atoms with Crippen LogP contribution < -0.4 is 10.2 Å². The second-order valence-corrected chi connectivity index (χ2v) is 6.72. The molecule has 11 heteroatoms. The first-order valence-electron chi connectivity index (χ1n) is 6.99. The number of hydrogen-bond donors (Lipinski definition) is 1. The highest BCUT2D eigenvalue weighted by Gasteiger charge is 2.11. The number of hydrogen-bond acceptors (Lipinski definition) is 8. The van der Waals surface area contributed by atoms with Gasteiger partial charge in [-0.2, -0.15) is 5.10 Å². The van der Waals surface area contributed by atoms with Crippen LogP contribution in [0.3, 0.4) is 0 Å². The number of pyridine rings is 1. The quantitative estimate of drug-likeness (QED) is 0.190. The van der Waals surface area contributed by atoms with E-state index in [2.05, 4.69) is 58.8 Å². The highest BCUT2D eigenvalue weighted by Crippen LogP contribution is 2.31. The Morgan fingerprint density at radius 2 is 2.27 bits per heavy atom. The molecule has 1 N–H and O–H groups in total. The zero-order valence-electron chi connectivity index (χ0n) is 13.3. The summed E-state index contributed by atoms with van der Waals surface area (Å²) in [4.78, 5) is 25.1. The molecular weight excluding hydrogens is 523 g/mol. The number of ether oxygens (including phenoxy) is 2. The Morgan fingerprint density at radius 3 is 2.85 bits per heavy atom. The molecule has 9 nitrogen and oxygen atoms in total. The number of carbonyl (C=O) groups excluding carboxylic acids is 1. The maximum Gasteiger partial charge on any atom is 0.343 e. The van der Waals surface area contributed by atoms with Gasteiger partial charge in [0, 0.05) is 6.07 Å². The molecule has 0 unspecified atom stereocenters. The van der Waals surface area contributed by atoms with E-state index in [0.717, 1.165) is 15.3 Å². The summed E-state index contributed by atoms with van der Waals surface area (Å²) in [5.41, 5.74) is 3.35. The predicted molar refractivity (Wildman–Crippen MR) is 106 cm³/mol. The van der Waals surface area contributed by atoms with E-state index in [1.807, 2.05) is 6.07 Å². The molecule has 0 radical (unpaired) electrons. The van der Waals surface area contributed by atoms with Gasteiger partial charge in [-0.05, 0) is 62.3 Å². The number of hydrazone groups is 1. The van der Waals surface area contributed by atoms with Crippen LogP contribution in [0.25, 0.3) is 0 Å². The van der Waals surface area contributed by atoms with Crippen LogP contribution in [-0.2, 0) is 9.53 Å². The maximum absolute atomic E-state index is 11.2. The van der Waals surface area contributed by atoms with E-state index in [-0.39, 0.29) is 12.3 Å². The first-order chi connectivity index (χ1) is 12.4. The normalized spacial score (nSPS) is 10.6. The fourth-order valence-corrected chi connectivity index (χ4v) is 3.48. The van der Waals surface area contributed by atoms with Crippen LogP contribution in [0.4, 0.5) is 11.5 Å². The lowest BCUT2D eigenvalue weighted by atomic mass is 10.2. The zero-order valence-corrected chi connectivity index (χ0v) is 17.1. The molecule has 26 heavy (non-hydrogen) atoms. The molecule has 0 aliphatic carbocycles. The van der Waals surface area contributed by atoms with Gasteiger partial charge in [0.1, 0.15) is 17.8 Å². The number of carbonyl (C=O) groups is 1. The van der Waals surface area contributed by atoms with Gasteiger partial charge in [-0.25, -0.2) is 9.78 Å². The molecule has 2 rings (SSSR count). The van der Waals surface area contributed by atoms with E-state index in [0.29, 0.717) is 16.0 Å². The molecule has 136 valence electrons. The first-order valence-corrected chi connectivity index (χ1v) is 8.86. The number of methoxy groups -OCH3 is 1. The predicted octanol–water partition coefficient (Wildman–Crippen LogP) is 3.35. The van der Waals surface area contributed by atoms with E-state index < -0.39 is 10.9 Å². The lowest BCUT2D eigenvalue weighted by Crippen LogP contribution is -2.13. The number of aromatic nitrogens is 1. The van der Waals surface area contributed by atoms with Crippen molar-refractivity contribution < 1.29 is 19.2 Å². The van der Waals surface area contributed by atoms with Gasteiger partial charge in [-0.3, -0.25) is 15.5 Å². The first kappa shape index (κ1) is 20.0. The highest BCUT2D eigenvalue weighted by molar-refractivity contribution is 14.1. The van der Waals surface area contributed by atoms with E-state index in [4.69, 9.17) is 4.74 Å². The molecule has 0 aliphatic rings. The number of anilines is 1. The van der Waals surface area contributed by atoms with E-state index in [1.165, 1.54) is 19.2 Å². The Morgan fingerprint density at radius 1 is 1.50 bits per heavy atom. The monoisotopic (exact) mass is 534 g/mol. The minimum atomic E-state index is -0.524. The smallest absolute Gasteiger partial charge is 0.343 e. The van der Waals surface area contributed by atoms with Crippen LogP contribution in [0, 0.1) is 13.7 Å². The van der Waals surface area contributed by atoms with Crippen molar-refractivity contribution in [3.8, 4) is 5.75 Å². The van der Waals surface area contributed by atoms with Crippen LogP contribution >= 0.6 is 38.5 Å². The van der Waals surface area contributed by atoms with Crippen LogP contribution in [-0.4, -0.2) is 35.8 Å². The number of benzene rings is 1. The Hall–Kier alpha value is -2.28. The Balaban J connectivity index is 2.03. The van der Waals surface area contributed by atoms with Crippen molar-refractivity contribution in [1.82, 2.24) is 4.98 Å². The van der Waals surface area contributed by atoms with Gasteiger partial charge in [-0.15, -0.1) is 0 Å². The Kier molecular flexibility index (Phi) is 7.26. The van der Waals surface area contributed by atoms with Gasteiger partial charge in [0.2, 0.25) is 0 Å². The minimum Gasteiger partial charge on any atom is -0.480 e. The number of nitrogens with zero attached hydrogens (tertiary/aromatic N) is 3. The number of halogens is 2. The molecule has 0 amide bonds. The van der Waals surface area contributed by atoms with Crippen molar-refractivity contribution in [3.05, 3.63) is 54.2 Å². The lowest BCUT2D eigenvalue weighted by Gasteiger charge is -2.10. The van der Waals surface area contributed by atoms with Gasteiger partial charge in [0.05, 0.1) is 26.3 Å². The molecule has 0 aliphatic heterocycles. The summed E-state index contributed by atoms with van der Waals surface area (Å²) in [6.45, 7) is -0.189. The van der Waals surface area contributed by atoms with Gasteiger partial charge < -0.3 is 9.47 Å². The average molecular weight is 535 g/mol. The average Bonchev–Trinajstić information content (AvgIpc) is 2.61. The molecule has 0 spiro atoms. The Bertz CT molecular complexity index is 821. The van der Waals surface area contributed by atoms with Crippen molar-refractivity contribution in [3.63, 3.8) is 0 Å². The SMILES string of the molecule is COC(=O)COc1c(Br)cc(/C=N/Nc2ccc([N+](=O)[O-])cn2)cc1I. The maximum atomic E-state index is 11.2. The molecule has 2 aromatic rings. The molecular formula is C15H12BrIN4O5. The van der Waals surface area contributed by atoms with Crippen LogP contribution in [0.5, 0.6) is 5.75 Å². The van der Waals surface area contributed by atoms with Gasteiger partial charge in [-0.1, -0.05) is 0 Å². The van der Waals surface area contributed by atoms with Crippen LogP contribution in [0.2, 0.25) is 0 Å². The molecule has 0 atom stereocenters. The Labute approximate surface area is 170 Å². The summed E-state index contributed by atoms with van der Waals surface area (Å²) >= 11 is 5.47. The second kappa shape index (κ2) is 9.43. The van der Waals surface area contributed by atoms with E-state index in [1.54, 1.807) is 12.3 Å². The number of esters is 1. The number of nitrogens with one attached hydrogen (secondary N) is 1. The lowest BCUT2D eigenvalue weighted by molar-refractivity contribution is -0.385. The topological polar surface area (TPSA) is 116 Å². The van der Waals surface area contributed by atoms with Gasteiger partial charge >= 0.3 is 5.97 Å². The molecule has 1 aromatic heterocycles. The zero-order chi connectivity index (χ0) is 19.1. The van der Waals surface area contributed by atoms with Gasteiger partial charge in [0.15, 0.2) is 6.61 Å². The number of rotatable bonds is 7. The standard InChI is InChI=1S/C15H12BrIN4O5/c1-25-14(22)8-26-15-11(16)4-9(5-12(15)17)6-19-20-13-3-2-10(7-18-13)21(23)24/h2-7H,8H2,1H3,(H,18,20)/b19-6+. The third-order valence-corrected chi connectivity index (χ3v) is 4.32. The summed E-state index contributed by atoms with van der Waals surface area (Å²) < 4.78 is 11.4. The third kappa shape index (κ3) is 5.62. The molecule has 0 saturated heterocycles. The number of nitro groups is 1. The third-order valence-electron chi connectivity index (χ3n) is 2.93. The van der Waals surface area contributed by atoms with E-state index >= 15 is 0 Å². The summed E-state index contributed by atoms with van der Waals surface area (Å²) in [6, 6.07) is 6.37. The van der Waals surface area contributed by atoms with Crippen molar-refractivity contribution in [1.29, 1.82) is 0 Å². The highest BCUT2D eigenvalue weighted by atomic mass is 127. The van der Waals surface area contributed by atoms with Crippen molar-refractivity contribution >= 4 is 62.2 Å². The molecule has 1 aromatic carbocycles. The van der Waals surface area contributed by atoms with E-state index in [9.17, 15) is 14.9 Å². The summed E-state index contributed by atoms with van der Waals surface area (Å²) in [7, 11) is 1.29. The molecule has 0 saturated carbocycles. The summed E-state index contributed by atoms with van der Waals surface area (Å²) in [6.07, 6.45) is 2.70. The van der Waals surface area contributed by atoms with Crippen molar-refractivity contribution in [2.75, 3.05) is 19.1 Å².